The summed E-state index contributed by atoms with van der Waals surface area (Å²) in [5.41, 5.74) is 2.99. The third kappa shape index (κ3) is 2.16. The quantitative estimate of drug-likeness (QED) is 0.516. The highest BCUT2D eigenvalue weighted by atomic mass is 35.5. The fraction of sp³-hybridized carbons (Fsp3) is 0.0588. The van der Waals surface area contributed by atoms with Gasteiger partial charge in [0.2, 0.25) is 0 Å². The standard InChI is InChI=1S/C17H12ClN3/c18-17-14(9-12-5-1-3-7-15(12)20-17)11-21-16-8-4-2-6-13(16)10-19-21/h1-10H,11H2. The highest BCUT2D eigenvalue weighted by Gasteiger charge is 2.08. The smallest absolute Gasteiger partial charge is 0.134 e. The van der Waals surface area contributed by atoms with E-state index in [9.17, 15) is 0 Å². The molecule has 4 heteroatoms. The van der Waals surface area contributed by atoms with E-state index in [0.29, 0.717) is 11.7 Å². The zero-order valence-electron chi connectivity index (χ0n) is 11.2. The van der Waals surface area contributed by atoms with E-state index in [1.807, 2.05) is 47.3 Å². The van der Waals surface area contributed by atoms with Crippen molar-refractivity contribution in [2.75, 3.05) is 0 Å². The number of para-hydroxylation sites is 2. The molecule has 0 saturated carbocycles. The first kappa shape index (κ1) is 12.4. The van der Waals surface area contributed by atoms with Crippen molar-refractivity contribution in [1.29, 1.82) is 0 Å². The largest absolute Gasteiger partial charge is 0.260 e. The summed E-state index contributed by atoms with van der Waals surface area (Å²) in [4.78, 5) is 4.46. The molecule has 0 aliphatic heterocycles. The van der Waals surface area contributed by atoms with Crippen LogP contribution in [-0.2, 0) is 6.54 Å². The van der Waals surface area contributed by atoms with Crippen molar-refractivity contribution in [1.82, 2.24) is 14.8 Å². The molecule has 4 aromatic rings. The maximum atomic E-state index is 6.32. The van der Waals surface area contributed by atoms with Crippen molar-refractivity contribution >= 4 is 33.4 Å². The Bertz CT molecular complexity index is 943. The Labute approximate surface area is 126 Å². The molecule has 4 rings (SSSR count). The zero-order valence-corrected chi connectivity index (χ0v) is 12.0. The molecule has 2 heterocycles. The summed E-state index contributed by atoms with van der Waals surface area (Å²) in [7, 11) is 0. The summed E-state index contributed by atoms with van der Waals surface area (Å²) in [5, 5.41) is 7.20. The van der Waals surface area contributed by atoms with Gasteiger partial charge in [0.05, 0.1) is 23.8 Å². The van der Waals surface area contributed by atoms with Crippen LogP contribution in [0.15, 0.2) is 60.8 Å². The molecule has 102 valence electrons. The Morgan fingerprint density at radius 3 is 2.62 bits per heavy atom. The lowest BCUT2D eigenvalue weighted by molar-refractivity contribution is 0.711. The second kappa shape index (κ2) is 4.86. The Balaban J connectivity index is 1.82. The van der Waals surface area contributed by atoms with Crippen molar-refractivity contribution in [2.24, 2.45) is 0 Å². The molecule has 21 heavy (non-hydrogen) atoms. The van der Waals surface area contributed by atoms with Gasteiger partial charge in [0.1, 0.15) is 5.15 Å². The van der Waals surface area contributed by atoms with Crippen molar-refractivity contribution in [3.8, 4) is 0 Å². The molecular formula is C17H12ClN3. The monoisotopic (exact) mass is 293 g/mol. The number of aromatic nitrogens is 3. The number of hydrogen-bond acceptors (Lipinski definition) is 2. The fourth-order valence-corrected chi connectivity index (χ4v) is 2.77. The van der Waals surface area contributed by atoms with E-state index in [1.165, 1.54) is 0 Å². The maximum Gasteiger partial charge on any atom is 0.134 e. The first-order chi connectivity index (χ1) is 10.3. The SMILES string of the molecule is Clc1nc2ccccc2cc1Cn1ncc2ccccc21. The first-order valence-electron chi connectivity index (χ1n) is 6.76. The van der Waals surface area contributed by atoms with E-state index in [0.717, 1.165) is 27.4 Å². The molecule has 0 N–H and O–H groups in total. The fourth-order valence-electron chi connectivity index (χ4n) is 2.56. The molecule has 0 saturated heterocycles. The van der Waals surface area contributed by atoms with Gasteiger partial charge >= 0.3 is 0 Å². The van der Waals surface area contributed by atoms with Crippen LogP contribution < -0.4 is 0 Å². The summed E-state index contributed by atoms with van der Waals surface area (Å²) in [5.74, 6) is 0. The van der Waals surface area contributed by atoms with Gasteiger partial charge in [-0.1, -0.05) is 48.0 Å². The number of pyridine rings is 1. The first-order valence-corrected chi connectivity index (χ1v) is 7.14. The Hall–Kier alpha value is -2.39. The lowest BCUT2D eigenvalue weighted by Gasteiger charge is -2.07. The van der Waals surface area contributed by atoms with E-state index in [2.05, 4.69) is 28.3 Å². The van der Waals surface area contributed by atoms with Crippen LogP contribution in [0, 0.1) is 0 Å². The van der Waals surface area contributed by atoms with Crippen molar-refractivity contribution in [3.63, 3.8) is 0 Å². The van der Waals surface area contributed by atoms with Crippen LogP contribution in [-0.4, -0.2) is 14.8 Å². The topological polar surface area (TPSA) is 30.7 Å². The number of nitrogens with zero attached hydrogens (tertiary/aromatic N) is 3. The van der Waals surface area contributed by atoms with E-state index >= 15 is 0 Å². The molecule has 3 nitrogen and oxygen atoms in total. The van der Waals surface area contributed by atoms with Gasteiger partial charge < -0.3 is 0 Å². The minimum absolute atomic E-state index is 0.535. The molecule has 0 radical (unpaired) electrons. The van der Waals surface area contributed by atoms with Crippen LogP contribution in [0.2, 0.25) is 5.15 Å². The van der Waals surface area contributed by atoms with Crippen LogP contribution in [0.25, 0.3) is 21.8 Å². The minimum atomic E-state index is 0.535. The predicted molar refractivity (Wildman–Crippen MR) is 85.6 cm³/mol. The summed E-state index contributed by atoms with van der Waals surface area (Å²) in [6.45, 7) is 0.615. The highest BCUT2D eigenvalue weighted by Crippen LogP contribution is 2.22. The third-order valence-corrected chi connectivity index (χ3v) is 3.95. The van der Waals surface area contributed by atoms with Crippen molar-refractivity contribution in [3.05, 3.63) is 71.5 Å². The second-order valence-corrected chi connectivity index (χ2v) is 5.35. The van der Waals surface area contributed by atoms with Gasteiger partial charge in [-0.2, -0.15) is 5.10 Å². The van der Waals surface area contributed by atoms with Crippen LogP contribution in [0.3, 0.4) is 0 Å². The van der Waals surface area contributed by atoms with Gasteiger partial charge in [-0.05, 0) is 18.2 Å². The summed E-state index contributed by atoms with van der Waals surface area (Å²) < 4.78 is 1.95. The average molecular weight is 294 g/mol. The zero-order chi connectivity index (χ0) is 14.2. The van der Waals surface area contributed by atoms with Gasteiger partial charge in [-0.15, -0.1) is 0 Å². The van der Waals surface area contributed by atoms with Gasteiger partial charge in [-0.25, -0.2) is 4.98 Å². The molecule has 0 spiro atoms. The molecule has 0 aliphatic carbocycles. The molecule has 0 aliphatic rings. The Kier molecular flexibility index (Phi) is 2.86. The van der Waals surface area contributed by atoms with Gasteiger partial charge in [0, 0.05) is 16.3 Å². The van der Waals surface area contributed by atoms with E-state index in [1.54, 1.807) is 0 Å². The number of benzene rings is 2. The van der Waals surface area contributed by atoms with Crippen LogP contribution in [0.1, 0.15) is 5.56 Å². The maximum absolute atomic E-state index is 6.32. The number of fused-ring (bicyclic) bond motifs is 2. The minimum Gasteiger partial charge on any atom is -0.260 e. The lowest BCUT2D eigenvalue weighted by Crippen LogP contribution is -2.03. The summed E-state index contributed by atoms with van der Waals surface area (Å²) in [6.07, 6.45) is 1.87. The molecule has 0 bridgehead atoms. The van der Waals surface area contributed by atoms with Crippen LogP contribution >= 0.6 is 11.6 Å². The van der Waals surface area contributed by atoms with Crippen molar-refractivity contribution in [2.45, 2.75) is 6.54 Å². The number of halogens is 1. The lowest BCUT2D eigenvalue weighted by atomic mass is 10.1. The molecule has 2 aromatic heterocycles. The average Bonchev–Trinajstić information content (AvgIpc) is 2.91. The molecule has 2 aromatic carbocycles. The number of hydrogen-bond donors (Lipinski definition) is 0. The summed E-state index contributed by atoms with van der Waals surface area (Å²) in [6, 6.07) is 18.2. The predicted octanol–water partition coefficient (Wildman–Crippen LogP) is 4.29. The van der Waals surface area contributed by atoms with Crippen LogP contribution in [0.5, 0.6) is 0 Å². The second-order valence-electron chi connectivity index (χ2n) is 4.99. The number of rotatable bonds is 2. The van der Waals surface area contributed by atoms with Gasteiger partial charge in [-0.3, -0.25) is 4.68 Å². The van der Waals surface area contributed by atoms with Crippen LogP contribution in [0.4, 0.5) is 0 Å². The molecule has 0 fully saturated rings. The summed E-state index contributed by atoms with van der Waals surface area (Å²) >= 11 is 6.32. The van der Waals surface area contributed by atoms with Gasteiger partial charge in [0.15, 0.2) is 0 Å². The molecular weight excluding hydrogens is 282 g/mol. The van der Waals surface area contributed by atoms with E-state index in [4.69, 9.17) is 11.6 Å². The highest BCUT2D eigenvalue weighted by molar-refractivity contribution is 6.30. The van der Waals surface area contributed by atoms with E-state index in [-0.39, 0.29) is 0 Å². The van der Waals surface area contributed by atoms with Gasteiger partial charge in [0.25, 0.3) is 0 Å². The molecule has 0 atom stereocenters. The normalized spacial score (nSPS) is 11.3. The molecule has 0 amide bonds. The third-order valence-electron chi connectivity index (χ3n) is 3.62. The van der Waals surface area contributed by atoms with Crippen molar-refractivity contribution < 1.29 is 0 Å². The Morgan fingerprint density at radius 1 is 0.952 bits per heavy atom. The molecule has 0 unspecified atom stereocenters. The van der Waals surface area contributed by atoms with E-state index < -0.39 is 0 Å². The Morgan fingerprint density at radius 2 is 1.71 bits per heavy atom.